The number of hydrogen-bond acceptors (Lipinski definition) is 4. The van der Waals surface area contributed by atoms with E-state index in [4.69, 9.17) is 5.26 Å². The molecule has 1 aliphatic rings. The number of imidazole rings is 1. The van der Waals surface area contributed by atoms with E-state index in [1.54, 1.807) is 0 Å². The molecule has 0 saturated carbocycles. The molecule has 1 amide bonds. The second-order valence-electron chi connectivity index (χ2n) is 7.92. The van der Waals surface area contributed by atoms with Gasteiger partial charge in [-0.1, -0.05) is 18.2 Å². The quantitative estimate of drug-likeness (QED) is 0.561. The fourth-order valence-corrected chi connectivity index (χ4v) is 3.97. The Kier molecular flexibility index (Phi) is 8.85. The van der Waals surface area contributed by atoms with Gasteiger partial charge in [0.1, 0.15) is 0 Å². The summed E-state index contributed by atoms with van der Waals surface area (Å²) in [5, 5.41) is 8.95. The summed E-state index contributed by atoms with van der Waals surface area (Å²) < 4.78 is 2.10. The fourth-order valence-electron chi connectivity index (χ4n) is 3.97. The van der Waals surface area contributed by atoms with Crippen LogP contribution in [-0.4, -0.2) is 40.0 Å². The van der Waals surface area contributed by atoms with Crippen molar-refractivity contribution in [2.24, 2.45) is 0 Å². The summed E-state index contributed by atoms with van der Waals surface area (Å²) in [6.45, 7) is 7.40. The van der Waals surface area contributed by atoms with Gasteiger partial charge in [-0.05, 0) is 54.8 Å². The summed E-state index contributed by atoms with van der Waals surface area (Å²) in [5.74, 6) is 0.129. The first kappa shape index (κ1) is 25.4. The Morgan fingerprint density at radius 1 is 1.00 bits per heavy atom. The van der Waals surface area contributed by atoms with Crippen molar-refractivity contribution in [3.8, 4) is 6.07 Å². The molecule has 0 N–H and O–H groups in total. The standard InChI is InChI=1S/C24H25N5O.2ClH/c1-18-9-19(2)11-22(10-18)29-8-7-27(16-24(29)30)15-23-13-26-17-28(23)14-21-5-3-20(12-25)4-6-21;;/h3-6,9-11,13,17H,7-8,14-16H2,1-2H3;2*1H. The molecule has 2 aromatic carbocycles. The normalized spacial score (nSPS) is 13.8. The first-order valence-corrected chi connectivity index (χ1v) is 10.1. The molecule has 0 atom stereocenters. The predicted octanol–water partition coefficient (Wildman–Crippen LogP) is 4.11. The van der Waals surface area contributed by atoms with E-state index < -0.39 is 0 Å². The number of rotatable bonds is 5. The predicted molar refractivity (Wildman–Crippen MR) is 131 cm³/mol. The number of benzene rings is 2. The molecule has 2 heterocycles. The number of hydrogen-bond donors (Lipinski definition) is 0. The van der Waals surface area contributed by atoms with Crippen LogP contribution in [0.1, 0.15) is 27.9 Å². The second-order valence-corrected chi connectivity index (χ2v) is 7.92. The van der Waals surface area contributed by atoms with Gasteiger partial charge in [-0.25, -0.2) is 4.98 Å². The van der Waals surface area contributed by atoms with E-state index in [0.717, 1.165) is 23.5 Å². The van der Waals surface area contributed by atoms with Crippen LogP contribution in [0.5, 0.6) is 0 Å². The Bertz CT molecular complexity index is 1080. The van der Waals surface area contributed by atoms with Gasteiger partial charge < -0.3 is 9.47 Å². The highest BCUT2D eigenvalue weighted by Crippen LogP contribution is 2.21. The smallest absolute Gasteiger partial charge is 0.241 e. The van der Waals surface area contributed by atoms with E-state index in [-0.39, 0.29) is 30.7 Å². The van der Waals surface area contributed by atoms with Crippen LogP contribution < -0.4 is 4.90 Å². The third-order valence-corrected chi connectivity index (χ3v) is 5.44. The number of carbonyl (C=O) groups excluding carboxylic acids is 1. The zero-order valence-corrected chi connectivity index (χ0v) is 19.8. The third-order valence-electron chi connectivity index (χ3n) is 5.44. The van der Waals surface area contributed by atoms with Crippen LogP contribution in [0.2, 0.25) is 0 Å². The molecule has 1 fully saturated rings. The van der Waals surface area contributed by atoms with Crippen molar-refractivity contribution in [1.29, 1.82) is 5.26 Å². The Hall–Kier alpha value is -2.85. The van der Waals surface area contributed by atoms with Crippen molar-refractivity contribution in [3.63, 3.8) is 0 Å². The SMILES string of the molecule is Cc1cc(C)cc(N2CCN(Cc3cncn3Cc3ccc(C#N)cc3)CC2=O)c1.Cl.Cl. The first-order chi connectivity index (χ1) is 14.5. The highest BCUT2D eigenvalue weighted by molar-refractivity contribution is 5.95. The third kappa shape index (κ3) is 5.89. The number of amides is 1. The topological polar surface area (TPSA) is 65.2 Å². The van der Waals surface area contributed by atoms with Crippen molar-refractivity contribution in [2.45, 2.75) is 26.9 Å². The molecule has 0 bridgehead atoms. The average Bonchev–Trinajstić information content (AvgIpc) is 3.14. The van der Waals surface area contributed by atoms with Crippen molar-refractivity contribution in [3.05, 3.63) is 82.9 Å². The highest BCUT2D eigenvalue weighted by Gasteiger charge is 2.26. The number of aromatic nitrogens is 2. The number of piperazine rings is 1. The van der Waals surface area contributed by atoms with Crippen molar-refractivity contribution in [1.82, 2.24) is 14.5 Å². The first-order valence-electron chi connectivity index (χ1n) is 10.1. The molecule has 0 aliphatic carbocycles. The van der Waals surface area contributed by atoms with Gasteiger partial charge in [-0.3, -0.25) is 9.69 Å². The summed E-state index contributed by atoms with van der Waals surface area (Å²) in [5.41, 5.74) is 6.18. The van der Waals surface area contributed by atoms with E-state index in [2.05, 4.69) is 52.6 Å². The van der Waals surface area contributed by atoms with Gasteiger partial charge in [0.25, 0.3) is 0 Å². The van der Waals surface area contributed by atoms with Crippen LogP contribution in [0.25, 0.3) is 0 Å². The second kappa shape index (κ2) is 11.1. The van der Waals surface area contributed by atoms with Crippen LogP contribution >= 0.6 is 24.8 Å². The minimum atomic E-state index is 0. The van der Waals surface area contributed by atoms with Gasteiger partial charge in [-0.15, -0.1) is 24.8 Å². The minimum Gasteiger partial charge on any atom is -0.329 e. The molecule has 6 nitrogen and oxygen atoms in total. The number of nitrogens with zero attached hydrogens (tertiary/aromatic N) is 5. The molecule has 8 heteroatoms. The Morgan fingerprint density at radius 2 is 1.69 bits per heavy atom. The summed E-state index contributed by atoms with van der Waals surface area (Å²) in [6, 6.07) is 16.0. The lowest BCUT2D eigenvalue weighted by Crippen LogP contribution is -2.50. The molecular formula is C24H27Cl2N5O. The van der Waals surface area contributed by atoms with Crippen LogP contribution in [-0.2, 0) is 17.9 Å². The molecule has 0 spiro atoms. The lowest BCUT2D eigenvalue weighted by Gasteiger charge is -2.34. The molecule has 1 aliphatic heterocycles. The molecule has 3 aromatic rings. The molecular weight excluding hydrogens is 445 g/mol. The molecule has 32 heavy (non-hydrogen) atoms. The van der Waals surface area contributed by atoms with Crippen molar-refractivity contribution in [2.75, 3.05) is 24.5 Å². The van der Waals surface area contributed by atoms with Crippen LogP contribution in [0.15, 0.2) is 55.0 Å². The van der Waals surface area contributed by atoms with Gasteiger partial charge in [0.2, 0.25) is 5.91 Å². The van der Waals surface area contributed by atoms with Crippen molar-refractivity contribution >= 4 is 36.4 Å². The summed E-state index contributed by atoms with van der Waals surface area (Å²) in [7, 11) is 0. The maximum absolute atomic E-state index is 12.8. The number of carbonyl (C=O) groups is 1. The summed E-state index contributed by atoms with van der Waals surface area (Å²) in [4.78, 5) is 21.2. The molecule has 0 radical (unpaired) electrons. The van der Waals surface area contributed by atoms with Gasteiger partial charge >= 0.3 is 0 Å². The molecule has 168 valence electrons. The minimum absolute atomic E-state index is 0. The van der Waals surface area contributed by atoms with E-state index in [9.17, 15) is 4.79 Å². The lowest BCUT2D eigenvalue weighted by molar-refractivity contribution is -0.121. The van der Waals surface area contributed by atoms with Crippen LogP contribution in [0.3, 0.4) is 0 Å². The average molecular weight is 472 g/mol. The summed E-state index contributed by atoms with van der Waals surface area (Å²) >= 11 is 0. The zero-order chi connectivity index (χ0) is 21.1. The van der Waals surface area contributed by atoms with Gasteiger partial charge in [0.15, 0.2) is 0 Å². The molecule has 1 aromatic heterocycles. The number of aryl methyl sites for hydroxylation is 2. The molecule has 4 rings (SSSR count). The maximum Gasteiger partial charge on any atom is 0.241 e. The van der Waals surface area contributed by atoms with E-state index in [1.165, 1.54) is 11.1 Å². The monoisotopic (exact) mass is 471 g/mol. The Balaban J connectivity index is 0.00000181. The Morgan fingerprint density at radius 3 is 2.31 bits per heavy atom. The number of nitriles is 1. The number of anilines is 1. The number of halogens is 2. The van der Waals surface area contributed by atoms with Gasteiger partial charge in [0, 0.05) is 38.1 Å². The fraction of sp³-hybridized carbons (Fsp3) is 0.292. The zero-order valence-electron chi connectivity index (χ0n) is 18.2. The van der Waals surface area contributed by atoms with Crippen molar-refractivity contribution < 1.29 is 4.79 Å². The summed E-state index contributed by atoms with van der Waals surface area (Å²) in [6.07, 6.45) is 3.69. The molecule has 1 saturated heterocycles. The lowest BCUT2D eigenvalue weighted by atomic mass is 10.1. The largest absolute Gasteiger partial charge is 0.329 e. The highest BCUT2D eigenvalue weighted by atomic mass is 35.5. The van der Waals surface area contributed by atoms with Gasteiger partial charge in [0.05, 0.1) is 30.2 Å². The molecule has 0 unspecified atom stereocenters. The van der Waals surface area contributed by atoms with Crippen LogP contribution in [0, 0.1) is 25.2 Å². The van der Waals surface area contributed by atoms with E-state index in [0.29, 0.717) is 31.7 Å². The van der Waals surface area contributed by atoms with E-state index >= 15 is 0 Å². The Labute approximate surface area is 201 Å². The maximum atomic E-state index is 12.8. The van der Waals surface area contributed by atoms with E-state index in [1.807, 2.05) is 41.7 Å². The van der Waals surface area contributed by atoms with Crippen LogP contribution in [0.4, 0.5) is 5.69 Å². The van der Waals surface area contributed by atoms with Gasteiger partial charge in [-0.2, -0.15) is 5.26 Å².